The lowest BCUT2D eigenvalue weighted by Gasteiger charge is -2.06. The Morgan fingerprint density at radius 1 is 1.09 bits per heavy atom. The van der Waals surface area contributed by atoms with Crippen molar-refractivity contribution in [1.29, 1.82) is 0 Å². The van der Waals surface area contributed by atoms with Crippen LogP contribution in [0.15, 0.2) is 59.5 Å². The Balaban J connectivity index is 1.86. The van der Waals surface area contributed by atoms with Crippen LogP contribution in [0.1, 0.15) is 13.3 Å². The van der Waals surface area contributed by atoms with Gasteiger partial charge in [0.2, 0.25) is 5.91 Å². The van der Waals surface area contributed by atoms with Gasteiger partial charge in [-0.25, -0.2) is 0 Å². The quantitative estimate of drug-likeness (QED) is 0.519. The second kappa shape index (κ2) is 7.38. The number of H-pyrrole nitrogens is 1. The molecule has 0 aliphatic carbocycles. The van der Waals surface area contributed by atoms with Crippen molar-refractivity contribution in [3.63, 3.8) is 0 Å². The molecule has 3 nitrogen and oxygen atoms in total. The number of carbonyl (C=O) groups excluding carboxylic acids is 1. The minimum atomic E-state index is 0.104. The number of hydrogen-bond donors (Lipinski definition) is 2. The maximum Gasteiger partial charge on any atom is 0.219 e. The molecule has 23 heavy (non-hydrogen) atoms. The van der Waals surface area contributed by atoms with Crippen LogP contribution in [0.2, 0.25) is 0 Å². The van der Waals surface area contributed by atoms with E-state index in [0.29, 0.717) is 13.0 Å². The average molecular weight is 324 g/mol. The molecule has 0 spiro atoms. The first kappa shape index (κ1) is 15.7. The van der Waals surface area contributed by atoms with Crippen LogP contribution in [0.25, 0.3) is 22.2 Å². The van der Waals surface area contributed by atoms with Crippen molar-refractivity contribution in [2.24, 2.45) is 0 Å². The van der Waals surface area contributed by atoms with Crippen molar-refractivity contribution in [2.75, 3.05) is 12.3 Å². The first-order chi connectivity index (χ1) is 11.3. The van der Waals surface area contributed by atoms with Gasteiger partial charge in [-0.05, 0) is 11.6 Å². The van der Waals surface area contributed by atoms with Crippen LogP contribution >= 0.6 is 11.8 Å². The van der Waals surface area contributed by atoms with Gasteiger partial charge in [-0.3, -0.25) is 4.79 Å². The normalized spacial score (nSPS) is 10.8. The standard InChI is InChI=1S/C19H20N2OS/c1-2-17(22)20-12-13-23-19-15-10-6-7-11-16(15)21-18(19)14-8-4-3-5-9-14/h3-11,21H,2,12-13H2,1H3,(H,20,22). The summed E-state index contributed by atoms with van der Waals surface area (Å²) in [6, 6.07) is 18.7. The van der Waals surface area contributed by atoms with E-state index in [1.807, 2.05) is 19.1 Å². The van der Waals surface area contributed by atoms with Gasteiger partial charge in [0, 0.05) is 34.5 Å². The molecular formula is C19H20N2OS. The van der Waals surface area contributed by atoms with E-state index < -0.39 is 0 Å². The van der Waals surface area contributed by atoms with Crippen molar-refractivity contribution in [3.8, 4) is 11.3 Å². The fraction of sp³-hybridized carbons (Fsp3) is 0.211. The number of amides is 1. The summed E-state index contributed by atoms with van der Waals surface area (Å²) >= 11 is 1.78. The van der Waals surface area contributed by atoms with Crippen LogP contribution < -0.4 is 5.32 Å². The predicted molar refractivity (Wildman–Crippen MR) is 97.8 cm³/mol. The third-order valence-corrected chi connectivity index (χ3v) is 4.83. The molecule has 0 bridgehead atoms. The van der Waals surface area contributed by atoms with Crippen molar-refractivity contribution in [3.05, 3.63) is 54.6 Å². The fourth-order valence-electron chi connectivity index (χ4n) is 2.54. The highest BCUT2D eigenvalue weighted by molar-refractivity contribution is 7.99. The van der Waals surface area contributed by atoms with Crippen LogP contribution in [-0.4, -0.2) is 23.2 Å². The molecule has 2 N–H and O–H groups in total. The van der Waals surface area contributed by atoms with Crippen molar-refractivity contribution < 1.29 is 4.79 Å². The maximum atomic E-state index is 11.3. The molecule has 1 heterocycles. The molecule has 2 aromatic carbocycles. The molecule has 0 saturated carbocycles. The number of carbonyl (C=O) groups is 1. The molecule has 0 fully saturated rings. The summed E-state index contributed by atoms with van der Waals surface area (Å²) in [5.41, 5.74) is 3.48. The zero-order chi connectivity index (χ0) is 16.1. The largest absolute Gasteiger partial charge is 0.355 e. The zero-order valence-electron chi connectivity index (χ0n) is 13.1. The molecule has 0 unspecified atom stereocenters. The van der Waals surface area contributed by atoms with Crippen LogP contribution in [0.4, 0.5) is 0 Å². The van der Waals surface area contributed by atoms with E-state index in [4.69, 9.17) is 0 Å². The van der Waals surface area contributed by atoms with E-state index in [1.54, 1.807) is 11.8 Å². The lowest BCUT2D eigenvalue weighted by Crippen LogP contribution is -2.24. The fourth-order valence-corrected chi connectivity index (χ4v) is 3.60. The van der Waals surface area contributed by atoms with Gasteiger partial charge in [0.1, 0.15) is 0 Å². The Labute approximate surface area is 140 Å². The third-order valence-electron chi connectivity index (χ3n) is 3.71. The smallest absolute Gasteiger partial charge is 0.219 e. The second-order valence-corrected chi connectivity index (χ2v) is 6.40. The monoisotopic (exact) mass is 324 g/mol. The lowest BCUT2D eigenvalue weighted by atomic mass is 10.1. The summed E-state index contributed by atoms with van der Waals surface area (Å²) in [7, 11) is 0. The molecule has 0 radical (unpaired) electrons. The van der Waals surface area contributed by atoms with Gasteiger partial charge in [-0.1, -0.05) is 55.5 Å². The van der Waals surface area contributed by atoms with Crippen LogP contribution in [-0.2, 0) is 4.79 Å². The van der Waals surface area contributed by atoms with Crippen molar-refractivity contribution >= 4 is 28.6 Å². The van der Waals surface area contributed by atoms with E-state index in [-0.39, 0.29) is 5.91 Å². The van der Waals surface area contributed by atoms with Gasteiger partial charge < -0.3 is 10.3 Å². The van der Waals surface area contributed by atoms with E-state index >= 15 is 0 Å². The molecule has 118 valence electrons. The number of para-hydroxylation sites is 1. The van der Waals surface area contributed by atoms with Crippen LogP contribution in [0.5, 0.6) is 0 Å². The van der Waals surface area contributed by atoms with Gasteiger partial charge >= 0.3 is 0 Å². The molecule has 4 heteroatoms. The van der Waals surface area contributed by atoms with E-state index in [9.17, 15) is 4.79 Å². The van der Waals surface area contributed by atoms with E-state index in [1.165, 1.54) is 15.8 Å². The molecule has 1 aromatic heterocycles. The number of fused-ring (bicyclic) bond motifs is 1. The summed E-state index contributed by atoms with van der Waals surface area (Å²) in [6.07, 6.45) is 0.535. The first-order valence-corrected chi connectivity index (χ1v) is 8.83. The van der Waals surface area contributed by atoms with Crippen LogP contribution in [0, 0.1) is 0 Å². The topological polar surface area (TPSA) is 44.9 Å². The summed E-state index contributed by atoms with van der Waals surface area (Å²) in [5.74, 6) is 0.959. The van der Waals surface area contributed by atoms with E-state index in [2.05, 4.69) is 52.8 Å². The minimum Gasteiger partial charge on any atom is -0.355 e. The highest BCUT2D eigenvalue weighted by Crippen LogP contribution is 2.37. The Morgan fingerprint density at radius 2 is 1.83 bits per heavy atom. The van der Waals surface area contributed by atoms with Gasteiger partial charge in [-0.2, -0.15) is 0 Å². The number of hydrogen-bond acceptors (Lipinski definition) is 2. The minimum absolute atomic E-state index is 0.104. The van der Waals surface area contributed by atoms with Gasteiger partial charge in [-0.15, -0.1) is 11.8 Å². The molecule has 1 amide bonds. The summed E-state index contributed by atoms with van der Waals surface area (Å²) in [6.45, 7) is 2.56. The molecule has 0 aliphatic rings. The Morgan fingerprint density at radius 3 is 2.61 bits per heavy atom. The lowest BCUT2D eigenvalue weighted by molar-refractivity contribution is -0.120. The molecule has 3 aromatic rings. The molecule has 0 aliphatic heterocycles. The number of rotatable bonds is 6. The summed E-state index contributed by atoms with van der Waals surface area (Å²) < 4.78 is 0. The molecule has 0 atom stereocenters. The number of aromatic amines is 1. The molecular weight excluding hydrogens is 304 g/mol. The van der Waals surface area contributed by atoms with Gasteiger partial charge in [0.25, 0.3) is 0 Å². The Bertz CT molecular complexity index is 795. The van der Waals surface area contributed by atoms with E-state index in [0.717, 1.165) is 17.0 Å². The highest BCUT2D eigenvalue weighted by Gasteiger charge is 2.13. The third kappa shape index (κ3) is 3.59. The average Bonchev–Trinajstić information content (AvgIpc) is 2.98. The predicted octanol–water partition coefficient (Wildman–Crippen LogP) is 4.45. The second-order valence-electron chi connectivity index (χ2n) is 5.29. The molecule has 3 rings (SSSR count). The number of aromatic nitrogens is 1. The first-order valence-electron chi connectivity index (χ1n) is 7.85. The highest BCUT2D eigenvalue weighted by atomic mass is 32.2. The van der Waals surface area contributed by atoms with Gasteiger partial charge in [0.05, 0.1) is 5.69 Å². The Kier molecular flexibility index (Phi) is 5.03. The molecule has 0 saturated heterocycles. The zero-order valence-corrected chi connectivity index (χ0v) is 14.0. The number of benzene rings is 2. The van der Waals surface area contributed by atoms with Crippen LogP contribution in [0.3, 0.4) is 0 Å². The number of nitrogens with one attached hydrogen (secondary N) is 2. The number of thioether (sulfide) groups is 1. The summed E-state index contributed by atoms with van der Waals surface area (Å²) in [4.78, 5) is 16.1. The van der Waals surface area contributed by atoms with Gasteiger partial charge in [0.15, 0.2) is 0 Å². The SMILES string of the molecule is CCC(=O)NCCSc1c(-c2ccccc2)[nH]c2ccccc12. The van der Waals surface area contributed by atoms with Crippen molar-refractivity contribution in [1.82, 2.24) is 10.3 Å². The summed E-state index contributed by atoms with van der Waals surface area (Å²) in [5, 5.41) is 4.17. The maximum absolute atomic E-state index is 11.3. The Hall–Kier alpha value is -2.20. The van der Waals surface area contributed by atoms with Crippen molar-refractivity contribution in [2.45, 2.75) is 18.2 Å².